The lowest BCUT2D eigenvalue weighted by molar-refractivity contribution is -0.137. The Morgan fingerprint density at radius 3 is 1.99 bits per heavy atom. The molecule has 0 fully saturated rings. The number of carbonyl (C=O) groups excluding carboxylic acids is 3. The highest BCUT2D eigenvalue weighted by molar-refractivity contribution is 7.80. The van der Waals surface area contributed by atoms with Crippen LogP contribution in [0.3, 0.4) is 0 Å². The number of phenolic OH excluding ortho intramolecular Hbond substituents is 2. The van der Waals surface area contributed by atoms with Gasteiger partial charge in [-0.3, -0.25) is 9.59 Å². The molecule has 0 aliphatic carbocycles. The van der Waals surface area contributed by atoms with Crippen molar-refractivity contribution in [2.75, 3.05) is 58.0 Å². The van der Waals surface area contributed by atoms with E-state index in [-0.39, 0.29) is 90.0 Å². The number of hydrogen-bond donors (Lipinski definition) is 6. The first-order chi connectivity index (χ1) is 35.5. The largest absolute Gasteiger partial charge is 0.508 e. The van der Waals surface area contributed by atoms with E-state index in [0.29, 0.717) is 52.0 Å². The van der Waals surface area contributed by atoms with Crippen LogP contribution in [-0.4, -0.2) is 107 Å². The Hall–Kier alpha value is -8.08. The van der Waals surface area contributed by atoms with Gasteiger partial charge < -0.3 is 55.0 Å². The Labute approximate surface area is 428 Å². The first-order valence-corrected chi connectivity index (χ1v) is 23.4. The van der Waals surface area contributed by atoms with Crippen LogP contribution in [0.1, 0.15) is 63.7 Å². The molecule has 6 aromatic carbocycles. The fraction of sp³-hybridized carbons (Fsp3) is 0.192. The zero-order valence-corrected chi connectivity index (χ0v) is 40.0. The van der Waals surface area contributed by atoms with E-state index in [4.69, 9.17) is 47.5 Å². The van der Waals surface area contributed by atoms with E-state index in [1.165, 1.54) is 66.7 Å². The minimum atomic E-state index is -4.93. The van der Waals surface area contributed by atoms with Crippen LogP contribution in [0.4, 0.5) is 18.9 Å². The number of halogens is 4. The van der Waals surface area contributed by atoms with Crippen LogP contribution in [0.5, 0.6) is 23.0 Å². The van der Waals surface area contributed by atoms with Crippen molar-refractivity contribution in [3.05, 3.63) is 165 Å². The second kappa shape index (κ2) is 21.2. The quantitative estimate of drug-likeness (QED) is 0.0285. The number of aromatic hydroxyl groups is 2. The summed E-state index contributed by atoms with van der Waals surface area (Å²) in [4.78, 5) is 52.0. The average Bonchev–Trinajstić information content (AvgIpc) is 3.90. The number of aromatic carboxylic acids is 1. The van der Waals surface area contributed by atoms with E-state index in [1.807, 2.05) is 0 Å². The molecule has 0 saturated carbocycles. The summed E-state index contributed by atoms with van der Waals surface area (Å²) in [6.07, 6.45) is -4.93. The summed E-state index contributed by atoms with van der Waals surface area (Å²) in [6, 6.07) is 26.9. The number of carboxylic acids is 1. The molecule has 0 atom stereocenters. The molecular weight excluding hydrogens is 1010 g/mol. The first kappa shape index (κ1) is 50.8. The van der Waals surface area contributed by atoms with Crippen LogP contribution in [0.2, 0.25) is 5.02 Å². The number of nitrogens with one attached hydrogen (secondary N) is 3. The number of rotatable bonds is 17. The van der Waals surface area contributed by atoms with Crippen LogP contribution >= 0.6 is 23.8 Å². The number of phenols is 2. The van der Waals surface area contributed by atoms with Gasteiger partial charge >= 0.3 is 18.1 Å². The molecule has 3 heterocycles. The highest BCUT2D eigenvalue weighted by Crippen LogP contribution is 2.57. The van der Waals surface area contributed by atoms with Crippen molar-refractivity contribution in [3.63, 3.8) is 0 Å². The number of aromatic nitrogens is 2. The maximum atomic E-state index is 14.1. The molecule has 1 aromatic heterocycles. The SMILES string of the molecule is O=C(O)c1ccc(-c2nn(C(=O)c3c(Cl)cccc3C(F)(F)F)c3cc(C(=O)NCCOCCOCCOCCNC(=S)Nc4ccc5c(c4)C(=O)OC54c5ccc(O)cc5Oc5cc(O)ccc54)ccc23)cc1. The minimum absolute atomic E-state index is 0.00190. The van der Waals surface area contributed by atoms with Gasteiger partial charge in [-0.2, -0.15) is 23.0 Å². The minimum Gasteiger partial charge on any atom is -0.508 e. The van der Waals surface area contributed by atoms with Gasteiger partial charge in [-0.05, 0) is 91.1 Å². The van der Waals surface area contributed by atoms with Gasteiger partial charge in [-0.1, -0.05) is 35.9 Å². The van der Waals surface area contributed by atoms with E-state index < -0.39 is 51.7 Å². The molecule has 22 heteroatoms. The summed E-state index contributed by atoms with van der Waals surface area (Å²) >= 11 is 11.6. The predicted molar refractivity (Wildman–Crippen MR) is 265 cm³/mol. The topological polar surface area (TPSA) is 229 Å². The number of anilines is 1. The molecule has 1 amide bonds. The molecule has 17 nitrogen and oxygen atoms in total. The number of hydrogen-bond acceptors (Lipinski definition) is 13. The van der Waals surface area contributed by atoms with Gasteiger partial charge in [0.1, 0.15) is 28.7 Å². The van der Waals surface area contributed by atoms with Crippen molar-refractivity contribution in [1.29, 1.82) is 0 Å². The second-order valence-electron chi connectivity index (χ2n) is 16.6. The Morgan fingerprint density at radius 1 is 0.743 bits per heavy atom. The summed E-state index contributed by atoms with van der Waals surface area (Å²) < 4.78 is 71.8. The molecule has 1 spiro atoms. The van der Waals surface area contributed by atoms with Crippen LogP contribution in [0, 0.1) is 0 Å². The number of alkyl halides is 3. The Bertz CT molecular complexity index is 3320. The van der Waals surface area contributed by atoms with E-state index in [9.17, 15) is 47.7 Å². The van der Waals surface area contributed by atoms with Crippen molar-refractivity contribution in [2.24, 2.45) is 0 Å². The third-order valence-electron chi connectivity index (χ3n) is 11.9. The van der Waals surface area contributed by atoms with Crippen molar-refractivity contribution < 1.29 is 71.4 Å². The van der Waals surface area contributed by atoms with E-state index >= 15 is 0 Å². The standard InChI is InChI=1S/C52H41ClF3N5O12S/c53-40-3-1-2-39(52(54,55)56)44(40)47(65)61-41-24-30(8-12-34(41)45(60-61)28-4-6-29(7-5-28)48(66)67)46(64)57-16-18-69-20-22-71-23-21-70-19-17-58-50(74)59-31-9-13-36-35(25-31)49(68)73-51(36)37-14-10-32(62)26-42(37)72-43-27-33(63)11-15-38(43)51/h1-15,24-27,62-63H,16-23H2,(H,57,64)(H,66,67)(H2,58,59,74). The molecule has 0 saturated heterocycles. The molecule has 2 aliphatic heterocycles. The number of nitrogens with zero attached hydrogens (tertiary/aromatic N) is 2. The van der Waals surface area contributed by atoms with Gasteiger partial charge in [0.2, 0.25) is 0 Å². The lowest BCUT2D eigenvalue weighted by atomic mass is 9.77. The maximum absolute atomic E-state index is 14.1. The van der Waals surface area contributed by atoms with Crippen LogP contribution in [0.15, 0.2) is 115 Å². The van der Waals surface area contributed by atoms with Gasteiger partial charge in [0.25, 0.3) is 11.8 Å². The second-order valence-corrected chi connectivity index (χ2v) is 17.4. The van der Waals surface area contributed by atoms with Crippen LogP contribution in [-0.2, 0) is 30.7 Å². The lowest BCUT2D eigenvalue weighted by Gasteiger charge is -2.36. The first-order valence-electron chi connectivity index (χ1n) is 22.6. The molecule has 0 radical (unpaired) electrons. The number of fused-ring (bicyclic) bond motifs is 7. The number of ether oxygens (including phenoxy) is 5. The Morgan fingerprint density at radius 2 is 1.35 bits per heavy atom. The fourth-order valence-corrected chi connectivity index (χ4v) is 9.03. The Kier molecular flexibility index (Phi) is 14.5. The van der Waals surface area contributed by atoms with Gasteiger partial charge in [0.05, 0.1) is 72.4 Å². The maximum Gasteiger partial charge on any atom is 0.417 e. The molecule has 9 rings (SSSR count). The van der Waals surface area contributed by atoms with Crippen LogP contribution in [0.25, 0.3) is 22.2 Å². The fourth-order valence-electron chi connectivity index (χ4n) is 8.55. The van der Waals surface area contributed by atoms with Crippen LogP contribution < -0.4 is 20.7 Å². The summed E-state index contributed by atoms with van der Waals surface area (Å²) in [6.45, 7) is 1.82. The molecule has 74 heavy (non-hydrogen) atoms. The highest BCUT2D eigenvalue weighted by Gasteiger charge is 2.54. The van der Waals surface area contributed by atoms with E-state index in [1.54, 1.807) is 30.3 Å². The van der Waals surface area contributed by atoms with E-state index in [2.05, 4.69) is 21.0 Å². The Balaban J connectivity index is 0.706. The van der Waals surface area contributed by atoms with Gasteiger partial charge in [-0.15, -0.1) is 0 Å². The molecule has 0 unspecified atom stereocenters. The van der Waals surface area contributed by atoms with Gasteiger partial charge in [-0.25, -0.2) is 9.59 Å². The molecule has 380 valence electrons. The molecule has 0 bridgehead atoms. The number of esters is 1. The molecule has 7 aromatic rings. The van der Waals surface area contributed by atoms with Crippen molar-refractivity contribution >= 4 is 69.3 Å². The van der Waals surface area contributed by atoms with Crippen molar-refractivity contribution in [1.82, 2.24) is 20.4 Å². The monoisotopic (exact) mass is 1050 g/mol. The van der Waals surface area contributed by atoms with Crippen molar-refractivity contribution in [2.45, 2.75) is 11.8 Å². The third kappa shape index (κ3) is 10.3. The van der Waals surface area contributed by atoms with Gasteiger partial charge in [0.15, 0.2) is 10.7 Å². The third-order valence-corrected chi connectivity index (χ3v) is 12.5. The summed E-state index contributed by atoms with van der Waals surface area (Å²) in [5, 5.41) is 43.0. The summed E-state index contributed by atoms with van der Waals surface area (Å²) in [5.41, 5.74) is -0.562. The number of thiocarbonyl (C=S) groups is 1. The average molecular weight is 1050 g/mol. The zero-order valence-electron chi connectivity index (χ0n) is 38.5. The molecule has 2 aliphatic rings. The highest BCUT2D eigenvalue weighted by atomic mass is 35.5. The summed E-state index contributed by atoms with van der Waals surface area (Å²) in [7, 11) is 0. The molecular formula is C52H41ClF3N5O12S. The normalized spacial score (nSPS) is 13.1. The lowest BCUT2D eigenvalue weighted by Crippen LogP contribution is -2.33. The number of amides is 1. The van der Waals surface area contributed by atoms with E-state index in [0.717, 1.165) is 22.9 Å². The zero-order chi connectivity index (χ0) is 52.3. The predicted octanol–water partition coefficient (Wildman–Crippen LogP) is 8.51. The smallest absolute Gasteiger partial charge is 0.417 e. The van der Waals surface area contributed by atoms with Gasteiger partial charge in [0, 0.05) is 64.1 Å². The number of carboxylic acid groups (broad SMARTS) is 1. The van der Waals surface area contributed by atoms with Crippen molar-refractivity contribution in [3.8, 4) is 34.3 Å². The summed E-state index contributed by atoms with van der Waals surface area (Å²) in [5.74, 6) is -3.07. The number of benzene rings is 6. The number of carbonyl (C=O) groups is 4. The molecule has 6 N–H and O–H groups in total.